The van der Waals surface area contributed by atoms with Gasteiger partial charge in [0.05, 0.1) is 13.2 Å². The van der Waals surface area contributed by atoms with Crippen molar-refractivity contribution in [3.63, 3.8) is 0 Å². The monoisotopic (exact) mass is 353 g/mol. The number of carbonyl (C=O) groups is 1. The molecule has 2 N–H and O–H groups in total. The minimum Gasteiger partial charge on any atom is -0.497 e. The molecule has 0 aromatic heterocycles. The summed E-state index contributed by atoms with van der Waals surface area (Å²) >= 11 is 0. The molecule has 26 heavy (non-hydrogen) atoms. The average Bonchev–Trinajstić information content (AvgIpc) is 3.19. The molecule has 1 aliphatic heterocycles. The van der Waals surface area contributed by atoms with Gasteiger partial charge < -0.3 is 15.4 Å². The maximum Gasteiger partial charge on any atom is 0.319 e. The van der Waals surface area contributed by atoms with Gasteiger partial charge in [-0.3, -0.25) is 4.90 Å². The van der Waals surface area contributed by atoms with Gasteiger partial charge in [-0.2, -0.15) is 0 Å². The Balaban J connectivity index is 1.63. The molecule has 2 amide bonds. The Hall–Kier alpha value is -2.53. The average molecular weight is 353 g/mol. The first-order chi connectivity index (χ1) is 12.7. The zero-order chi connectivity index (χ0) is 18.4. The van der Waals surface area contributed by atoms with E-state index in [2.05, 4.69) is 27.7 Å². The highest BCUT2D eigenvalue weighted by atomic mass is 16.5. The van der Waals surface area contributed by atoms with Crippen LogP contribution in [0.4, 0.5) is 10.5 Å². The molecule has 3 rings (SSSR count). The van der Waals surface area contributed by atoms with E-state index in [1.165, 1.54) is 24.0 Å². The van der Waals surface area contributed by atoms with Crippen LogP contribution in [0, 0.1) is 6.92 Å². The standard InChI is InChI=1S/C21H27N3O2/c1-16-5-9-18(10-6-16)23-21(25)22-15-20(24-13-3-4-14-24)17-7-11-19(26-2)12-8-17/h5-12,20H,3-4,13-15H2,1-2H3,(H2,22,23,25). The first-order valence-electron chi connectivity index (χ1n) is 9.15. The number of benzene rings is 2. The molecule has 1 atom stereocenters. The van der Waals surface area contributed by atoms with Crippen LogP contribution < -0.4 is 15.4 Å². The van der Waals surface area contributed by atoms with Crippen molar-refractivity contribution in [1.29, 1.82) is 0 Å². The lowest BCUT2D eigenvalue weighted by molar-refractivity contribution is 0.227. The molecule has 0 spiro atoms. The number of carbonyl (C=O) groups excluding carboxylic acids is 1. The number of likely N-dealkylation sites (tertiary alicyclic amines) is 1. The summed E-state index contributed by atoms with van der Waals surface area (Å²) < 4.78 is 5.25. The lowest BCUT2D eigenvalue weighted by Gasteiger charge is -2.28. The van der Waals surface area contributed by atoms with Crippen LogP contribution in [0.2, 0.25) is 0 Å². The van der Waals surface area contributed by atoms with E-state index in [4.69, 9.17) is 4.74 Å². The molecule has 1 heterocycles. The molecule has 0 bridgehead atoms. The number of anilines is 1. The second kappa shape index (κ2) is 8.72. The number of nitrogens with one attached hydrogen (secondary N) is 2. The van der Waals surface area contributed by atoms with Gasteiger partial charge in [-0.15, -0.1) is 0 Å². The van der Waals surface area contributed by atoms with E-state index in [0.717, 1.165) is 24.5 Å². The fourth-order valence-corrected chi connectivity index (χ4v) is 3.34. The largest absolute Gasteiger partial charge is 0.497 e. The van der Waals surface area contributed by atoms with Gasteiger partial charge in [0.15, 0.2) is 0 Å². The SMILES string of the molecule is COc1ccc(C(CNC(=O)Nc2ccc(C)cc2)N2CCCC2)cc1. The molecule has 2 aromatic carbocycles. The normalized spacial score (nSPS) is 15.5. The van der Waals surface area contributed by atoms with Crippen molar-refractivity contribution >= 4 is 11.7 Å². The second-order valence-corrected chi connectivity index (χ2v) is 6.73. The third kappa shape index (κ3) is 4.76. The van der Waals surface area contributed by atoms with Crippen LogP contribution in [-0.2, 0) is 0 Å². The summed E-state index contributed by atoms with van der Waals surface area (Å²) in [4.78, 5) is 14.7. The minimum absolute atomic E-state index is 0.173. The quantitative estimate of drug-likeness (QED) is 0.826. The zero-order valence-electron chi connectivity index (χ0n) is 15.5. The van der Waals surface area contributed by atoms with Gasteiger partial charge >= 0.3 is 6.03 Å². The van der Waals surface area contributed by atoms with Crippen molar-refractivity contribution in [1.82, 2.24) is 10.2 Å². The molecule has 0 aliphatic carbocycles. The molecule has 1 aliphatic rings. The van der Waals surface area contributed by atoms with E-state index in [1.807, 2.05) is 43.3 Å². The van der Waals surface area contributed by atoms with E-state index in [1.54, 1.807) is 7.11 Å². The summed E-state index contributed by atoms with van der Waals surface area (Å²) in [6, 6.07) is 15.9. The summed E-state index contributed by atoms with van der Waals surface area (Å²) in [6.07, 6.45) is 2.42. The molecule has 1 fully saturated rings. The van der Waals surface area contributed by atoms with Crippen LogP contribution in [0.5, 0.6) is 5.75 Å². The fraction of sp³-hybridized carbons (Fsp3) is 0.381. The van der Waals surface area contributed by atoms with E-state index >= 15 is 0 Å². The summed E-state index contributed by atoms with van der Waals surface area (Å²) in [7, 11) is 1.67. The zero-order valence-corrected chi connectivity index (χ0v) is 15.5. The van der Waals surface area contributed by atoms with E-state index in [-0.39, 0.29) is 12.1 Å². The summed E-state index contributed by atoms with van der Waals surface area (Å²) in [6.45, 7) is 4.74. The third-order valence-corrected chi connectivity index (χ3v) is 4.85. The van der Waals surface area contributed by atoms with Crippen LogP contribution >= 0.6 is 0 Å². The first kappa shape index (κ1) is 18.3. The highest BCUT2D eigenvalue weighted by molar-refractivity contribution is 5.89. The number of urea groups is 1. The van der Waals surface area contributed by atoms with Gasteiger partial charge in [0.1, 0.15) is 5.75 Å². The predicted molar refractivity (Wildman–Crippen MR) is 105 cm³/mol. The smallest absolute Gasteiger partial charge is 0.319 e. The Morgan fingerprint density at radius 2 is 1.73 bits per heavy atom. The molecule has 0 saturated carbocycles. The number of hydrogen-bond donors (Lipinski definition) is 2. The van der Waals surface area contributed by atoms with E-state index in [0.29, 0.717) is 6.54 Å². The van der Waals surface area contributed by atoms with Crippen LogP contribution in [0.3, 0.4) is 0 Å². The van der Waals surface area contributed by atoms with Crippen molar-refractivity contribution < 1.29 is 9.53 Å². The van der Waals surface area contributed by atoms with Gasteiger partial charge in [-0.1, -0.05) is 29.8 Å². The Bertz CT molecular complexity index is 707. The maximum absolute atomic E-state index is 12.3. The molecule has 5 heteroatoms. The molecule has 138 valence electrons. The van der Waals surface area contributed by atoms with Gasteiger partial charge in [-0.05, 0) is 62.7 Å². The molecule has 1 saturated heterocycles. The number of ether oxygens (including phenoxy) is 1. The first-order valence-corrected chi connectivity index (χ1v) is 9.15. The molecule has 0 radical (unpaired) electrons. The summed E-state index contributed by atoms with van der Waals surface area (Å²) in [5, 5.41) is 5.92. The Labute approximate surface area is 155 Å². The summed E-state index contributed by atoms with van der Waals surface area (Å²) in [5.41, 5.74) is 3.17. The number of rotatable bonds is 6. The van der Waals surface area contributed by atoms with Gasteiger partial charge in [-0.25, -0.2) is 4.79 Å². The van der Waals surface area contributed by atoms with Crippen molar-refractivity contribution in [2.75, 3.05) is 32.1 Å². The molecule has 2 aromatic rings. The van der Waals surface area contributed by atoms with Crippen molar-refractivity contribution in [3.8, 4) is 5.75 Å². The second-order valence-electron chi connectivity index (χ2n) is 6.73. The predicted octanol–water partition coefficient (Wildman–Crippen LogP) is 3.96. The van der Waals surface area contributed by atoms with Crippen LogP contribution in [0.1, 0.15) is 30.0 Å². The number of methoxy groups -OCH3 is 1. The van der Waals surface area contributed by atoms with Gasteiger partial charge in [0.25, 0.3) is 0 Å². The third-order valence-electron chi connectivity index (χ3n) is 4.85. The lowest BCUT2D eigenvalue weighted by Crippen LogP contribution is -2.38. The minimum atomic E-state index is -0.174. The van der Waals surface area contributed by atoms with E-state index in [9.17, 15) is 4.79 Å². The van der Waals surface area contributed by atoms with Crippen LogP contribution in [0.15, 0.2) is 48.5 Å². The number of amides is 2. The maximum atomic E-state index is 12.3. The highest BCUT2D eigenvalue weighted by Gasteiger charge is 2.24. The Morgan fingerprint density at radius 3 is 2.35 bits per heavy atom. The van der Waals surface area contributed by atoms with Crippen LogP contribution in [0.25, 0.3) is 0 Å². The van der Waals surface area contributed by atoms with Crippen molar-refractivity contribution in [2.24, 2.45) is 0 Å². The van der Waals surface area contributed by atoms with Crippen LogP contribution in [-0.4, -0.2) is 37.7 Å². The van der Waals surface area contributed by atoms with Crippen molar-refractivity contribution in [2.45, 2.75) is 25.8 Å². The summed E-state index contributed by atoms with van der Waals surface area (Å²) in [5.74, 6) is 0.846. The highest BCUT2D eigenvalue weighted by Crippen LogP contribution is 2.26. The molecular formula is C21H27N3O2. The number of aryl methyl sites for hydroxylation is 1. The topological polar surface area (TPSA) is 53.6 Å². The van der Waals surface area contributed by atoms with E-state index < -0.39 is 0 Å². The number of hydrogen-bond acceptors (Lipinski definition) is 3. The van der Waals surface area contributed by atoms with Crippen molar-refractivity contribution in [3.05, 3.63) is 59.7 Å². The fourth-order valence-electron chi connectivity index (χ4n) is 3.34. The molecule has 1 unspecified atom stereocenters. The molecular weight excluding hydrogens is 326 g/mol. The number of nitrogens with zero attached hydrogens (tertiary/aromatic N) is 1. The molecule has 5 nitrogen and oxygen atoms in total. The lowest BCUT2D eigenvalue weighted by atomic mass is 10.1. The van der Waals surface area contributed by atoms with Gasteiger partial charge in [0, 0.05) is 12.2 Å². The Morgan fingerprint density at radius 1 is 1.08 bits per heavy atom. The van der Waals surface area contributed by atoms with Gasteiger partial charge in [0.2, 0.25) is 0 Å². The Kier molecular flexibility index (Phi) is 6.12.